The van der Waals surface area contributed by atoms with Gasteiger partial charge in [0.2, 0.25) is 0 Å². The number of benzene rings is 2. The maximum absolute atomic E-state index is 12.7. The molecule has 6 heteroatoms. The zero-order valence-electron chi connectivity index (χ0n) is 13.6. The van der Waals surface area contributed by atoms with E-state index in [1.54, 1.807) is 25.1 Å². The van der Waals surface area contributed by atoms with E-state index in [1.165, 1.54) is 0 Å². The van der Waals surface area contributed by atoms with Gasteiger partial charge in [-0.3, -0.25) is 4.79 Å². The Hall–Kier alpha value is -2.70. The Balaban J connectivity index is 2.38. The van der Waals surface area contributed by atoms with E-state index in [4.69, 9.17) is 10.2 Å². The van der Waals surface area contributed by atoms with Crippen LogP contribution in [0, 0.1) is 6.92 Å². The first-order chi connectivity index (χ1) is 11.9. The second kappa shape index (κ2) is 6.31. The molecule has 5 nitrogen and oxygen atoms in total. The molecule has 0 bridgehead atoms. The third kappa shape index (κ3) is 2.90. The molecule has 0 aliphatic carbocycles. The van der Waals surface area contributed by atoms with Gasteiger partial charge in [-0.1, -0.05) is 49.0 Å². The first-order valence-corrected chi connectivity index (χ1v) is 9.21. The lowest BCUT2D eigenvalue weighted by Gasteiger charge is -2.14. The molecule has 2 aromatic carbocycles. The maximum Gasteiger partial charge on any atom is 0.196 e. The molecule has 128 valence electrons. The maximum atomic E-state index is 12.7. The molecule has 25 heavy (non-hydrogen) atoms. The molecule has 0 saturated carbocycles. The summed E-state index contributed by atoms with van der Waals surface area (Å²) in [4.78, 5) is 12.7. The van der Waals surface area contributed by atoms with Crippen LogP contribution in [-0.2, 0) is 9.84 Å². The van der Waals surface area contributed by atoms with E-state index in [0.29, 0.717) is 16.7 Å². The van der Waals surface area contributed by atoms with Gasteiger partial charge < -0.3 is 10.2 Å². The van der Waals surface area contributed by atoms with Gasteiger partial charge in [-0.15, -0.1) is 0 Å². The van der Waals surface area contributed by atoms with Crippen molar-refractivity contribution in [1.29, 1.82) is 0 Å². The Morgan fingerprint density at radius 1 is 1.12 bits per heavy atom. The Morgan fingerprint density at radius 3 is 2.44 bits per heavy atom. The van der Waals surface area contributed by atoms with Gasteiger partial charge in [0.15, 0.2) is 15.3 Å². The molecule has 2 N–H and O–H groups in total. The first kappa shape index (κ1) is 17.1. The summed E-state index contributed by atoms with van der Waals surface area (Å²) in [6.45, 7) is 4.98. The van der Waals surface area contributed by atoms with Crippen LogP contribution < -0.4 is 11.2 Å². The van der Waals surface area contributed by atoms with E-state index in [0.717, 1.165) is 11.0 Å². The van der Waals surface area contributed by atoms with Crippen LogP contribution in [0.5, 0.6) is 0 Å². The highest BCUT2D eigenvalue weighted by atomic mass is 32.2. The van der Waals surface area contributed by atoms with Crippen molar-refractivity contribution in [2.24, 2.45) is 5.73 Å². The van der Waals surface area contributed by atoms with Crippen LogP contribution in [0.25, 0.3) is 22.3 Å². The molecule has 3 rings (SSSR count). The monoisotopic (exact) mass is 355 g/mol. The second-order valence-corrected chi connectivity index (χ2v) is 7.67. The smallest absolute Gasteiger partial charge is 0.196 e. The average molecular weight is 355 g/mol. The summed E-state index contributed by atoms with van der Waals surface area (Å²) in [6, 6.07) is 13.9. The zero-order valence-corrected chi connectivity index (χ0v) is 14.4. The predicted molar refractivity (Wildman–Crippen MR) is 98.7 cm³/mol. The Bertz CT molecular complexity index is 1120. The van der Waals surface area contributed by atoms with Gasteiger partial charge in [-0.05, 0) is 13.0 Å². The van der Waals surface area contributed by atoms with Crippen molar-refractivity contribution < 1.29 is 12.8 Å². The summed E-state index contributed by atoms with van der Waals surface area (Å²) >= 11 is 0. The van der Waals surface area contributed by atoms with E-state index in [9.17, 15) is 13.2 Å². The van der Waals surface area contributed by atoms with Crippen LogP contribution >= 0.6 is 0 Å². The van der Waals surface area contributed by atoms with Gasteiger partial charge in [0.1, 0.15) is 16.7 Å². The van der Waals surface area contributed by atoms with Gasteiger partial charge in [0.05, 0.1) is 5.39 Å². The van der Waals surface area contributed by atoms with Crippen molar-refractivity contribution >= 4 is 20.8 Å². The predicted octanol–water partition coefficient (Wildman–Crippen LogP) is 3.28. The summed E-state index contributed by atoms with van der Waals surface area (Å²) in [6.07, 6.45) is 0. The third-order valence-corrected chi connectivity index (χ3v) is 5.53. The molecule has 0 saturated heterocycles. The molecule has 0 aliphatic heterocycles. The van der Waals surface area contributed by atoms with Gasteiger partial charge in [-0.25, -0.2) is 8.42 Å². The van der Waals surface area contributed by atoms with Crippen molar-refractivity contribution in [2.75, 3.05) is 0 Å². The Kier molecular flexibility index (Phi) is 4.32. The average Bonchev–Trinajstić information content (AvgIpc) is 2.64. The normalized spacial score (nSPS) is 12.9. The van der Waals surface area contributed by atoms with Crippen LogP contribution in [0.3, 0.4) is 0 Å². The number of rotatable bonds is 4. The topological polar surface area (TPSA) is 90.4 Å². The highest BCUT2D eigenvalue weighted by Gasteiger charge is 2.24. The summed E-state index contributed by atoms with van der Waals surface area (Å²) in [5.41, 5.74) is 7.28. The lowest BCUT2D eigenvalue weighted by atomic mass is 10.0. The highest BCUT2D eigenvalue weighted by molar-refractivity contribution is 7.94. The molecule has 3 aromatic rings. The van der Waals surface area contributed by atoms with Crippen molar-refractivity contribution in [3.05, 3.63) is 81.9 Å². The molecule has 0 radical (unpaired) electrons. The van der Waals surface area contributed by atoms with Crippen molar-refractivity contribution in [2.45, 2.75) is 12.3 Å². The number of hydrogen-bond donors (Lipinski definition) is 1. The number of nitrogens with two attached hydrogens (primary N) is 1. The minimum absolute atomic E-state index is 0.176. The van der Waals surface area contributed by atoms with Crippen LogP contribution in [0.15, 0.2) is 69.7 Å². The fourth-order valence-electron chi connectivity index (χ4n) is 2.70. The fraction of sp³-hybridized carbons (Fsp3) is 0.105. The van der Waals surface area contributed by atoms with Crippen LogP contribution in [-0.4, -0.2) is 8.42 Å². The largest absolute Gasteiger partial charge is 0.455 e. The number of fused-ring (bicyclic) bond motifs is 1. The molecule has 0 spiro atoms. The van der Waals surface area contributed by atoms with Crippen molar-refractivity contribution in [3.8, 4) is 11.3 Å². The summed E-state index contributed by atoms with van der Waals surface area (Å²) in [7, 11) is -3.76. The quantitative estimate of drug-likeness (QED) is 0.775. The van der Waals surface area contributed by atoms with Crippen molar-refractivity contribution in [1.82, 2.24) is 0 Å². The van der Waals surface area contributed by atoms with Gasteiger partial charge in [-0.2, -0.15) is 0 Å². The molecular formula is C19H17NO4S. The second-order valence-electron chi connectivity index (χ2n) is 5.65. The molecule has 0 fully saturated rings. The number of hydrogen-bond acceptors (Lipinski definition) is 5. The summed E-state index contributed by atoms with van der Waals surface area (Å²) in [5.74, 6) is 0.397. The minimum Gasteiger partial charge on any atom is -0.455 e. The molecule has 1 heterocycles. The van der Waals surface area contributed by atoms with E-state index < -0.39 is 15.2 Å². The first-order valence-electron chi connectivity index (χ1n) is 7.60. The highest BCUT2D eigenvalue weighted by Crippen LogP contribution is 2.30. The summed E-state index contributed by atoms with van der Waals surface area (Å²) < 4.78 is 30.1. The summed E-state index contributed by atoms with van der Waals surface area (Å²) in [5, 5.41) is -0.256. The molecule has 0 aliphatic rings. The van der Waals surface area contributed by atoms with Crippen molar-refractivity contribution in [3.63, 3.8) is 0 Å². The molecule has 1 aromatic heterocycles. The number of sulfone groups is 1. The third-order valence-electron chi connectivity index (χ3n) is 4.10. The Morgan fingerprint density at radius 2 is 1.80 bits per heavy atom. The van der Waals surface area contributed by atoms with Crippen LogP contribution in [0.4, 0.5) is 0 Å². The van der Waals surface area contributed by atoms with Crippen LogP contribution in [0.1, 0.15) is 16.5 Å². The fourth-order valence-corrected chi connectivity index (χ4v) is 3.45. The molecular weight excluding hydrogens is 338 g/mol. The minimum atomic E-state index is -3.76. The standard InChI is InChI=1S/C19H17NO4S/c1-3-25(22,23)19(20)15-11-7-10-14-16(21)12(2)17(24-18(14)15)13-8-5-4-6-9-13/h3-11,19H,1,20H2,2H3. The molecule has 0 amide bonds. The molecule has 1 unspecified atom stereocenters. The SMILES string of the molecule is C=CS(=O)(=O)C(N)c1cccc2c(=O)c(C)c(-c3ccccc3)oc12. The lowest BCUT2D eigenvalue weighted by molar-refractivity contribution is 0.586. The zero-order chi connectivity index (χ0) is 18.2. The van der Waals surface area contributed by atoms with Gasteiger partial charge in [0.25, 0.3) is 0 Å². The van der Waals surface area contributed by atoms with Gasteiger partial charge >= 0.3 is 0 Å². The van der Waals surface area contributed by atoms with E-state index in [1.807, 2.05) is 30.3 Å². The van der Waals surface area contributed by atoms with E-state index in [2.05, 4.69) is 6.58 Å². The lowest BCUT2D eigenvalue weighted by Crippen LogP contribution is -2.20. The van der Waals surface area contributed by atoms with E-state index >= 15 is 0 Å². The Labute approximate surface area is 145 Å². The molecule has 1 atom stereocenters. The van der Waals surface area contributed by atoms with Gasteiger partial charge in [0, 0.05) is 22.1 Å². The number of para-hydroxylation sites is 1. The van der Waals surface area contributed by atoms with E-state index in [-0.39, 0.29) is 16.6 Å². The van der Waals surface area contributed by atoms with Crippen LogP contribution in [0.2, 0.25) is 0 Å².